The number of benzene rings is 1. The third kappa shape index (κ3) is 10.6. The molecular weight excluding hydrogens is 498 g/mol. The fourth-order valence-electron chi connectivity index (χ4n) is 3.06. The van der Waals surface area contributed by atoms with Crippen LogP contribution in [0.25, 0.3) is 0 Å². The molecule has 1 aromatic carbocycles. The number of nitrogens with two attached hydrogens (primary N) is 1. The van der Waals surface area contributed by atoms with Crippen molar-refractivity contribution in [2.24, 2.45) is 11.1 Å². The SMILES string of the molecule is CCC(C)OC(=O)Oc1ccc(CC(N)(C[C@H](C)OC(=O)C(C)(C)C)C(=O)O)cc1OC(=O)OC(C)CC. The van der Waals surface area contributed by atoms with Crippen LogP contribution in [0.15, 0.2) is 18.2 Å². The minimum atomic E-state index is -1.83. The van der Waals surface area contributed by atoms with E-state index in [2.05, 4.69) is 0 Å². The highest BCUT2D eigenvalue weighted by molar-refractivity contribution is 5.79. The maximum atomic E-state index is 12.3. The van der Waals surface area contributed by atoms with E-state index in [-0.39, 0.29) is 24.3 Å². The summed E-state index contributed by atoms with van der Waals surface area (Å²) in [5.74, 6) is -2.11. The minimum absolute atomic E-state index is 0.131. The van der Waals surface area contributed by atoms with Gasteiger partial charge in [0.25, 0.3) is 0 Å². The van der Waals surface area contributed by atoms with Crippen LogP contribution in [0.2, 0.25) is 0 Å². The van der Waals surface area contributed by atoms with Crippen LogP contribution in [0.5, 0.6) is 11.5 Å². The first-order valence-electron chi connectivity index (χ1n) is 12.6. The van der Waals surface area contributed by atoms with Crippen LogP contribution in [0.3, 0.4) is 0 Å². The summed E-state index contributed by atoms with van der Waals surface area (Å²) in [4.78, 5) is 48.8. The Morgan fingerprint density at radius 3 is 1.79 bits per heavy atom. The van der Waals surface area contributed by atoms with Crippen molar-refractivity contribution in [1.82, 2.24) is 0 Å². The van der Waals surface area contributed by atoms with E-state index in [1.165, 1.54) is 18.2 Å². The van der Waals surface area contributed by atoms with E-state index in [1.54, 1.807) is 41.5 Å². The van der Waals surface area contributed by atoms with E-state index < -0.39 is 53.5 Å². The van der Waals surface area contributed by atoms with Gasteiger partial charge < -0.3 is 34.5 Å². The number of ether oxygens (including phenoxy) is 5. The summed E-state index contributed by atoms with van der Waals surface area (Å²) < 4.78 is 26.2. The first kappa shape index (κ1) is 32.7. The van der Waals surface area contributed by atoms with Crippen LogP contribution in [-0.2, 0) is 30.2 Å². The summed E-state index contributed by atoms with van der Waals surface area (Å²) in [5, 5.41) is 9.90. The van der Waals surface area contributed by atoms with Crippen LogP contribution >= 0.6 is 0 Å². The van der Waals surface area contributed by atoms with Gasteiger partial charge >= 0.3 is 24.2 Å². The normalized spacial score (nSPS) is 15.3. The number of rotatable bonds is 12. The number of aliphatic carboxylic acids is 1. The van der Waals surface area contributed by atoms with Gasteiger partial charge in [0.15, 0.2) is 11.5 Å². The second-order valence-electron chi connectivity index (χ2n) is 10.5. The van der Waals surface area contributed by atoms with Gasteiger partial charge in [-0.1, -0.05) is 19.9 Å². The topological polar surface area (TPSA) is 161 Å². The summed E-state index contributed by atoms with van der Waals surface area (Å²) in [6.07, 6.45) is -2.93. The van der Waals surface area contributed by atoms with Gasteiger partial charge in [0, 0.05) is 12.8 Å². The molecule has 11 nitrogen and oxygen atoms in total. The number of hydrogen-bond acceptors (Lipinski definition) is 10. The van der Waals surface area contributed by atoms with E-state index in [0.717, 1.165) is 0 Å². The molecule has 0 heterocycles. The average molecular weight is 540 g/mol. The molecule has 1 aromatic rings. The Morgan fingerprint density at radius 2 is 1.34 bits per heavy atom. The fraction of sp³-hybridized carbons (Fsp3) is 0.630. The van der Waals surface area contributed by atoms with Crippen LogP contribution in [0, 0.1) is 5.41 Å². The zero-order valence-electron chi connectivity index (χ0n) is 23.5. The Morgan fingerprint density at radius 1 is 0.842 bits per heavy atom. The van der Waals surface area contributed by atoms with Crippen LogP contribution in [0.1, 0.15) is 80.2 Å². The largest absolute Gasteiger partial charge is 0.514 e. The molecule has 0 aliphatic rings. The lowest BCUT2D eigenvalue weighted by molar-refractivity contribution is -0.160. The molecule has 0 aromatic heterocycles. The second kappa shape index (κ2) is 14.0. The molecule has 38 heavy (non-hydrogen) atoms. The van der Waals surface area contributed by atoms with Gasteiger partial charge in [-0.25, -0.2) is 9.59 Å². The predicted molar refractivity (Wildman–Crippen MR) is 138 cm³/mol. The molecule has 0 bridgehead atoms. The summed E-state index contributed by atoms with van der Waals surface area (Å²) in [7, 11) is 0. The van der Waals surface area contributed by atoms with E-state index >= 15 is 0 Å². The highest BCUT2D eigenvalue weighted by Gasteiger charge is 2.38. The fourth-order valence-corrected chi connectivity index (χ4v) is 3.06. The zero-order chi connectivity index (χ0) is 29.3. The maximum Gasteiger partial charge on any atom is 0.514 e. The van der Waals surface area contributed by atoms with E-state index in [4.69, 9.17) is 29.4 Å². The lowest BCUT2D eigenvalue weighted by Crippen LogP contribution is -2.52. The number of carboxylic acid groups (broad SMARTS) is 1. The molecule has 0 spiro atoms. The summed E-state index contributed by atoms with van der Waals surface area (Å²) in [5.41, 5.74) is 4.02. The molecule has 0 aliphatic carbocycles. The molecule has 3 unspecified atom stereocenters. The lowest BCUT2D eigenvalue weighted by Gasteiger charge is -2.29. The van der Waals surface area contributed by atoms with Crippen molar-refractivity contribution in [2.45, 2.75) is 105 Å². The van der Waals surface area contributed by atoms with Crippen molar-refractivity contribution in [1.29, 1.82) is 0 Å². The molecule has 3 N–H and O–H groups in total. The van der Waals surface area contributed by atoms with Crippen LogP contribution in [-0.4, -0.2) is 53.2 Å². The number of carbonyl (C=O) groups excluding carboxylic acids is 3. The molecule has 0 radical (unpaired) electrons. The van der Waals surface area contributed by atoms with E-state index in [9.17, 15) is 24.3 Å². The minimum Gasteiger partial charge on any atom is -0.480 e. The summed E-state index contributed by atoms with van der Waals surface area (Å²) in [6.45, 7) is 13.7. The molecule has 11 heteroatoms. The summed E-state index contributed by atoms with van der Waals surface area (Å²) >= 11 is 0. The van der Waals surface area contributed by atoms with Crippen molar-refractivity contribution < 1.29 is 48.0 Å². The number of carbonyl (C=O) groups is 4. The molecule has 0 amide bonds. The Balaban J connectivity index is 3.24. The molecule has 1 rings (SSSR count). The third-order valence-corrected chi connectivity index (χ3v) is 5.66. The molecule has 0 aliphatic heterocycles. The standard InChI is InChI=1S/C27H41NO10/c1-9-16(3)35-24(32)37-20-12-11-19(13-21(20)38-25(33)36-17(4)10-2)15-27(28,22(29)30)14-18(5)34-23(31)26(6,7)8/h11-13,16-18H,9-10,14-15,28H2,1-8H3,(H,29,30)/t16?,17?,18-,27?/m0/s1. The smallest absolute Gasteiger partial charge is 0.480 e. The Hall–Kier alpha value is -3.34. The Bertz CT molecular complexity index is 987. The Labute approximate surface area is 223 Å². The zero-order valence-corrected chi connectivity index (χ0v) is 23.5. The van der Waals surface area contributed by atoms with Crippen LogP contribution in [0.4, 0.5) is 9.59 Å². The van der Waals surface area contributed by atoms with Crippen molar-refractivity contribution >= 4 is 24.2 Å². The molecule has 0 saturated carbocycles. The number of hydrogen-bond donors (Lipinski definition) is 2. The molecular formula is C27H41NO10. The monoisotopic (exact) mass is 539 g/mol. The average Bonchev–Trinajstić information content (AvgIpc) is 2.79. The highest BCUT2D eigenvalue weighted by atomic mass is 16.7. The van der Waals surface area contributed by atoms with Crippen molar-refractivity contribution in [3.63, 3.8) is 0 Å². The van der Waals surface area contributed by atoms with Crippen molar-refractivity contribution in [3.8, 4) is 11.5 Å². The van der Waals surface area contributed by atoms with Gasteiger partial charge in [-0.3, -0.25) is 9.59 Å². The van der Waals surface area contributed by atoms with Gasteiger partial charge in [0.05, 0.1) is 5.41 Å². The maximum absolute atomic E-state index is 12.3. The number of esters is 1. The highest BCUT2D eigenvalue weighted by Crippen LogP contribution is 2.32. The Kier molecular flexibility index (Phi) is 12.0. The quantitative estimate of drug-likeness (QED) is 0.209. The van der Waals surface area contributed by atoms with E-state index in [0.29, 0.717) is 18.4 Å². The first-order chi connectivity index (χ1) is 17.5. The van der Waals surface area contributed by atoms with E-state index in [1.807, 2.05) is 13.8 Å². The second-order valence-corrected chi connectivity index (χ2v) is 10.5. The van der Waals surface area contributed by atoms with Crippen LogP contribution < -0.4 is 15.2 Å². The summed E-state index contributed by atoms with van der Waals surface area (Å²) in [6, 6.07) is 4.15. The first-order valence-corrected chi connectivity index (χ1v) is 12.6. The van der Waals surface area contributed by atoms with Gasteiger partial charge in [-0.05, 0) is 72.1 Å². The van der Waals surface area contributed by atoms with Gasteiger partial charge in [-0.2, -0.15) is 0 Å². The van der Waals surface area contributed by atoms with Gasteiger partial charge in [0.1, 0.15) is 23.9 Å². The van der Waals surface area contributed by atoms with Crippen molar-refractivity contribution in [2.75, 3.05) is 0 Å². The number of carboxylic acids is 1. The third-order valence-electron chi connectivity index (χ3n) is 5.66. The van der Waals surface area contributed by atoms with Crippen molar-refractivity contribution in [3.05, 3.63) is 23.8 Å². The molecule has 214 valence electrons. The van der Waals surface area contributed by atoms with Gasteiger partial charge in [-0.15, -0.1) is 0 Å². The predicted octanol–water partition coefficient (Wildman–Crippen LogP) is 5.01. The molecule has 4 atom stereocenters. The van der Waals surface area contributed by atoms with Gasteiger partial charge in [0.2, 0.25) is 0 Å². The molecule has 0 fully saturated rings. The molecule has 0 saturated heterocycles. The lowest BCUT2D eigenvalue weighted by atomic mass is 9.86.